The maximum Gasteiger partial charge on any atom is 0.251 e. The first-order chi connectivity index (χ1) is 7.85. The Bertz CT molecular complexity index is 423. The summed E-state index contributed by atoms with van der Waals surface area (Å²) in [6.45, 7) is 4.00. The zero-order valence-electron chi connectivity index (χ0n) is 9.69. The van der Waals surface area contributed by atoms with Crippen LogP contribution in [0.5, 0.6) is 0 Å². The minimum atomic E-state index is -0.226. The van der Waals surface area contributed by atoms with Crippen LogP contribution < -0.4 is 5.32 Å². The Balaban J connectivity index is 2.80. The number of carbonyl (C=O) groups excluding carboxylic acids is 1. The van der Waals surface area contributed by atoms with Crippen molar-refractivity contribution in [3.05, 3.63) is 32.4 Å². The summed E-state index contributed by atoms with van der Waals surface area (Å²) in [4.78, 5) is 12.0. The lowest BCUT2D eigenvalue weighted by Crippen LogP contribution is -2.43. The van der Waals surface area contributed by atoms with Gasteiger partial charge in [-0.05, 0) is 61.1 Å². The monoisotopic (exact) mass is 429 g/mol. The molecule has 0 spiro atoms. The number of halogens is 3. The molecule has 0 unspecified atom stereocenters. The lowest BCUT2D eigenvalue weighted by molar-refractivity contribution is 0.0912. The zero-order chi connectivity index (χ0) is 13.1. The van der Waals surface area contributed by atoms with Gasteiger partial charge in [0.05, 0.1) is 5.02 Å². The van der Waals surface area contributed by atoms with E-state index in [0.29, 0.717) is 10.6 Å². The molecule has 0 aliphatic heterocycles. The molecule has 0 radical (unpaired) electrons. The largest absolute Gasteiger partial charge is 0.347 e. The molecule has 0 saturated carbocycles. The number of alkyl halides is 1. The molecule has 1 rings (SSSR count). The van der Waals surface area contributed by atoms with E-state index in [1.807, 2.05) is 19.9 Å². The maximum atomic E-state index is 12.0. The summed E-state index contributed by atoms with van der Waals surface area (Å²) in [7, 11) is 0. The van der Waals surface area contributed by atoms with Crippen molar-refractivity contribution in [3.8, 4) is 0 Å². The molecule has 17 heavy (non-hydrogen) atoms. The van der Waals surface area contributed by atoms with Gasteiger partial charge in [-0.1, -0.05) is 27.5 Å². The highest BCUT2D eigenvalue weighted by Crippen LogP contribution is 2.20. The predicted octanol–water partition coefficient (Wildman–Crippen LogP) is 4.24. The molecule has 0 heterocycles. The highest BCUT2D eigenvalue weighted by molar-refractivity contribution is 14.1. The standard InChI is InChI=1S/C12H14BrClINO/c1-12(2,5-6-13)16-11(17)8-3-4-10(15)9(14)7-8/h3-4,7H,5-6H2,1-2H3,(H,16,17). The number of amides is 1. The van der Waals surface area contributed by atoms with Gasteiger partial charge in [-0.25, -0.2) is 0 Å². The van der Waals surface area contributed by atoms with Gasteiger partial charge in [-0.2, -0.15) is 0 Å². The number of carbonyl (C=O) groups is 1. The molecule has 0 aliphatic rings. The van der Waals surface area contributed by atoms with Gasteiger partial charge in [0, 0.05) is 20.0 Å². The third-order valence-electron chi connectivity index (χ3n) is 2.35. The summed E-state index contributed by atoms with van der Waals surface area (Å²) in [5.74, 6) is -0.0887. The van der Waals surface area contributed by atoms with Crippen LogP contribution in [0.25, 0.3) is 0 Å². The van der Waals surface area contributed by atoms with Gasteiger partial charge in [0.2, 0.25) is 0 Å². The van der Waals surface area contributed by atoms with Crippen molar-refractivity contribution in [2.24, 2.45) is 0 Å². The average Bonchev–Trinajstić information content (AvgIpc) is 2.21. The summed E-state index contributed by atoms with van der Waals surface area (Å²) in [6, 6.07) is 5.32. The molecule has 94 valence electrons. The molecule has 1 aromatic rings. The van der Waals surface area contributed by atoms with Crippen LogP contribution in [0.3, 0.4) is 0 Å². The first-order valence-electron chi connectivity index (χ1n) is 5.19. The molecule has 0 aromatic heterocycles. The number of rotatable bonds is 4. The smallest absolute Gasteiger partial charge is 0.251 e. The van der Waals surface area contributed by atoms with Crippen molar-refractivity contribution in [3.63, 3.8) is 0 Å². The van der Waals surface area contributed by atoms with Crippen molar-refractivity contribution in [1.29, 1.82) is 0 Å². The molecule has 0 atom stereocenters. The van der Waals surface area contributed by atoms with Crippen LogP contribution in [-0.2, 0) is 0 Å². The summed E-state index contributed by atoms with van der Waals surface area (Å²) in [6.07, 6.45) is 0.872. The fourth-order valence-corrected chi connectivity index (χ4v) is 2.82. The van der Waals surface area contributed by atoms with Gasteiger partial charge in [0.15, 0.2) is 0 Å². The van der Waals surface area contributed by atoms with Crippen molar-refractivity contribution in [2.45, 2.75) is 25.8 Å². The van der Waals surface area contributed by atoms with E-state index in [2.05, 4.69) is 43.8 Å². The van der Waals surface area contributed by atoms with E-state index in [-0.39, 0.29) is 11.4 Å². The molecule has 1 aromatic carbocycles. The third-order valence-corrected chi connectivity index (χ3v) is 4.32. The topological polar surface area (TPSA) is 29.1 Å². The van der Waals surface area contributed by atoms with Gasteiger partial charge >= 0.3 is 0 Å². The van der Waals surface area contributed by atoms with Crippen molar-refractivity contribution in [2.75, 3.05) is 5.33 Å². The lowest BCUT2D eigenvalue weighted by atomic mass is 10.0. The van der Waals surface area contributed by atoms with Gasteiger partial charge < -0.3 is 5.32 Å². The Morgan fingerprint density at radius 2 is 2.18 bits per heavy atom. The van der Waals surface area contributed by atoms with E-state index >= 15 is 0 Å². The fraction of sp³-hybridized carbons (Fsp3) is 0.417. The van der Waals surface area contributed by atoms with Crippen molar-refractivity contribution >= 4 is 56.0 Å². The Kier molecular flexibility index (Phi) is 5.73. The summed E-state index contributed by atoms with van der Waals surface area (Å²) in [5, 5.41) is 4.45. The average molecular weight is 431 g/mol. The zero-order valence-corrected chi connectivity index (χ0v) is 14.2. The van der Waals surface area contributed by atoms with E-state index in [0.717, 1.165) is 15.3 Å². The van der Waals surface area contributed by atoms with Crippen LogP contribution in [0.2, 0.25) is 5.02 Å². The van der Waals surface area contributed by atoms with Crippen molar-refractivity contribution < 1.29 is 4.79 Å². The predicted molar refractivity (Wildman–Crippen MR) is 84.1 cm³/mol. The van der Waals surface area contributed by atoms with Gasteiger partial charge in [0.1, 0.15) is 0 Å². The normalized spacial score (nSPS) is 11.4. The highest BCUT2D eigenvalue weighted by atomic mass is 127. The highest BCUT2D eigenvalue weighted by Gasteiger charge is 2.20. The van der Waals surface area contributed by atoms with Crippen LogP contribution in [0.15, 0.2) is 18.2 Å². The lowest BCUT2D eigenvalue weighted by Gasteiger charge is -2.25. The molecule has 0 saturated heterocycles. The number of benzene rings is 1. The van der Waals surface area contributed by atoms with E-state index in [1.165, 1.54) is 0 Å². The number of hydrogen-bond acceptors (Lipinski definition) is 1. The van der Waals surface area contributed by atoms with Crippen LogP contribution in [0, 0.1) is 3.57 Å². The number of nitrogens with one attached hydrogen (secondary N) is 1. The third kappa shape index (κ3) is 4.75. The summed E-state index contributed by atoms with van der Waals surface area (Å²) in [5.41, 5.74) is 0.369. The molecular weight excluding hydrogens is 416 g/mol. The maximum absolute atomic E-state index is 12.0. The molecule has 0 aliphatic carbocycles. The SMILES string of the molecule is CC(C)(CCBr)NC(=O)c1ccc(I)c(Cl)c1. The van der Waals surface area contributed by atoms with Crippen LogP contribution in [-0.4, -0.2) is 16.8 Å². The molecule has 0 fully saturated rings. The second kappa shape index (κ2) is 6.38. The van der Waals surface area contributed by atoms with E-state index in [9.17, 15) is 4.79 Å². The Morgan fingerprint density at radius 1 is 1.53 bits per heavy atom. The second-order valence-corrected chi connectivity index (χ2v) is 6.77. The van der Waals surface area contributed by atoms with Crippen molar-refractivity contribution in [1.82, 2.24) is 5.32 Å². The summed E-state index contributed by atoms with van der Waals surface area (Å²) >= 11 is 11.5. The molecule has 1 amide bonds. The summed E-state index contributed by atoms with van der Waals surface area (Å²) < 4.78 is 0.945. The molecule has 0 bridgehead atoms. The van der Waals surface area contributed by atoms with Crippen LogP contribution in [0.4, 0.5) is 0 Å². The van der Waals surface area contributed by atoms with Gasteiger partial charge in [-0.15, -0.1) is 0 Å². The number of hydrogen-bond donors (Lipinski definition) is 1. The van der Waals surface area contributed by atoms with E-state index in [4.69, 9.17) is 11.6 Å². The molecule has 5 heteroatoms. The van der Waals surface area contributed by atoms with Crippen LogP contribution in [0.1, 0.15) is 30.6 Å². The molecule has 2 nitrogen and oxygen atoms in total. The first-order valence-corrected chi connectivity index (χ1v) is 7.77. The fourth-order valence-electron chi connectivity index (χ4n) is 1.32. The quantitative estimate of drug-likeness (QED) is 0.562. The Hall–Kier alpha value is 0.190. The van der Waals surface area contributed by atoms with Gasteiger partial charge in [-0.3, -0.25) is 4.79 Å². The minimum absolute atomic E-state index is 0.0887. The van der Waals surface area contributed by atoms with Gasteiger partial charge in [0.25, 0.3) is 5.91 Å². The van der Waals surface area contributed by atoms with E-state index in [1.54, 1.807) is 12.1 Å². The Morgan fingerprint density at radius 3 is 2.71 bits per heavy atom. The van der Waals surface area contributed by atoms with Crippen LogP contribution >= 0.6 is 50.1 Å². The Labute approximate surface area is 129 Å². The minimum Gasteiger partial charge on any atom is -0.347 e. The van der Waals surface area contributed by atoms with E-state index < -0.39 is 0 Å². The first kappa shape index (κ1) is 15.2. The molecule has 1 N–H and O–H groups in total. The molecular formula is C12H14BrClINO. The second-order valence-electron chi connectivity index (χ2n) is 4.41.